The molecule has 3 rings (SSSR count). The average molecular weight is 400 g/mol. The highest BCUT2D eigenvalue weighted by molar-refractivity contribution is 7.12. The van der Waals surface area contributed by atoms with Crippen molar-refractivity contribution in [2.75, 3.05) is 5.32 Å². The van der Waals surface area contributed by atoms with E-state index in [9.17, 15) is 4.79 Å². The molecule has 0 bridgehead atoms. The minimum atomic E-state index is -0.140. The third kappa shape index (κ3) is 4.52. The summed E-state index contributed by atoms with van der Waals surface area (Å²) in [5, 5.41) is 5.52. The Bertz CT molecular complexity index is 994. The van der Waals surface area contributed by atoms with Crippen LogP contribution in [0.2, 0.25) is 5.02 Å². The van der Waals surface area contributed by atoms with Crippen LogP contribution in [0, 0.1) is 27.7 Å². The second kappa shape index (κ2) is 8.15. The first kappa shape index (κ1) is 19.5. The van der Waals surface area contributed by atoms with Crippen LogP contribution in [0.3, 0.4) is 0 Å². The van der Waals surface area contributed by atoms with Crippen molar-refractivity contribution in [3.05, 3.63) is 79.5 Å². The van der Waals surface area contributed by atoms with Crippen molar-refractivity contribution in [3.63, 3.8) is 0 Å². The molecule has 0 atom stereocenters. The van der Waals surface area contributed by atoms with E-state index in [4.69, 9.17) is 16.3 Å². The SMILES string of the molecule is Cc1cc(C)c(C)c(OCc2csc(C(=O)Nc3cccc(Cl)c3C)c2)c1. The van der Waals surface area contributed by atoms with E-state index in [1.165, 1.54) is 22.5 Å². The van der Waals surface area contributed by atoms with E-state index in [1.54, 1.807) is 0 Å². The Labute approximate surface area is 169 Å². The fourth-order valence-corrected chi connectivity index (χ4v) is 3.78. The molecule has 0 unspecified atom stereocenters. The van der Waals surface area contributed by atoms with Crippen LogP contribution in [0.1, 0.15) is 37.5 Å². The molecule has 1 N–H and O–H groups in total. The van der Waals surface area contributed by atoms with Gasteiger partial charge in [0, 0.05) is 16.3 Å². The molecular weight excluding hydrogens is 378 g/mol. The standard InChI is InChI=1S/C22H22ClNO2S/c1-13-8-14(2)15(3)20(9-13)26-11-17-10-21(27-12-17)22(25)24-19-7-5-6-18(23)16(19)4/h5-10,12H,11H2,1-4H3,(H,24,25). The number of benzene rings is 2. The molecule has 3 aromatic rings. The minimum Gasteiger partial charge on any atom is -0.489 e. The summed E-state index contributed by atoms with van der Waals surface area (Å²) in [6.45, 7) is 8.52. The quantitative estimate of drug-likeness (QED) is 0.534. The Hall–Kier alpha value is -2.30. The van der Waals surface area contributed by atoms with Crippen LogP contribution < -0.4 is 10.1 Å². The first-order valence-electron chi connectivity index (χ1n) is 8.69. The summed E-state index contributed by atoms with van der Waals surface area (Å²) in [7, 11) is 0. The number of thiophene rings is 1. The van der Waals surface area contributed by atoms with Gasteiger partial charge in [-0.25, -0.2) is 0 Å². The number of hydrogen-bond acceptors (Lipinski definition) is 3. The zero-order valence-electron chi connectivity index (χ0n) is 15.9. The third-order valence-corrected chi connectivity index (χ3v) is 5.94. The van der Waals surface area contributed by atoms with Crippen LogP contribution in [-0.2, 0) is 6.61 Å². The van der Waals surface area contributed by atoms with Gasteiger partial charge in [0.15, 0.2) is 0 Å². The average Bonchev–Trinajstić information content (AvgIpc) is 3.10. The third-order valence-electron chi connectivity index (χ3n) is 4.55. The fraction of sp³-hybridized carbons (Fsp3) is 0.227. The van der Waals surface area contributed by atoms with E-state index in [-0.39, 0.29) is 5.91 Å². The topological polar surface area (TPSA) is 38.3 Å². The molecule has 1 amide bonds. The molecule has 0 radical (unpaired) electrons. The van der Waals surface area contributed by atoms with Crippen molar-refractivity contribution < 1.29 is 9.53 Å². The van der Waals surface area contributed by atoms with Gasteiger partial charge in [-0.15, -0.1) is 11.3 Å². The first-order chi connectivity index (χ1) is 12.8. The van der Waals surface area contributed by atoms with Crippen LogP contribution >= 0.6 is 22.9 Å². The van der Waals surface area contributed by atoms with Crippen molar-refractivity contribution in [2.24, 2.45) is 0 Å². The van der Waals surface area contributed by atoms with E-state index in [0.29, 0.717) is 16.5 Å². The van der Waals surface area contributed by atoms with Crippen LogP contribution in [0.4, 0.5) is 5.69 Å². The van der Waals surface area contributed by atoms with Crippen LogP contribution in [0.15, 0.2) is 41.8 Å². The summed E-state index contributed by atoms with van der Waals surface area (Å²) >= 11 is 7.52. The molecule has 1 heterocycles. The summed E-state index contributed by atoms with van der Waals surface area (Å²) in [5.41, 5.74) is 6.10. The van der Waals surface area contributed by atoms with Crippen molar-refractivity contribution in [1.29, 1.82) is 0 Å². The fourth-order valence-electron chi connectivity index (χ4n) is 2.81. The molecule has 0 fully saturated rings. The summed E-state index contributed by atoms with van der Waals surface area (Å²) < 4.78 is 5.99. The highest BCUT2D eigenvalue weighted by Gasteiger charge is 2.12. The van der Waals surface area contributed by atoms with Gasteiger partial charge in [-0.2, -0.15) is 0 Å². The molecule has 1 aromatic heterocycles. The van der Waals surface area contributed by atoms with E-state index < -0.39 is 0 Å². The normalized spacial score (nSPS) is 10.7. The summed E-state index contributed by atoms with van der Waals surface area (Å²) in [6.07, 6.45) is 0. The number of amides is 1. The van der Waals surface area contributed by atoms with Gasteiger partial charge in [-0.3, -0.25) is 4.79 Å². The van der Waals surface area contributed by atoms with Gasteiger partial charge in [0.1, 0.15) is 12.4 Å². The van der Waals surface area contributed by atoms with Crippen molar-refractivity contribution in [1.82, 2.24) is 0 Å². The lowest BCUT2D eigenvalue weighted by Crippen LogP contribution is -2.11. The molecule has 0 spiro atoms. The number of nitrogens with one attached hydrogen (secondary N) is 1. The molecule has 5 heteroatoms. The summed E-state index contributed by atoms with van der Waals surface area (Å²) in [5.74, 6) is 0.749. The monoisotopic (exact) mass is 399 g/mol. The van der Waals surface area contributed by atoms with Gasteiger partial charge in [0.25, 0.3) is 5.91 Å². The molecule has 27 heavy (non-hydrogen) atoms. The highest BCUT2D eigenvalue weighted by Crippen LogP contribution is 2.26. The van der Waals surface area contributed by atoms with Gasteiger partial charge < -0.3 is 10.1 Å². The zero-order valence-corrected chi connectivity index (χ0v) is 17.4. The lowest BCUT2D eigenvalue weighted by molar-refractivity contribution is 0.103. The largest absolute Gasteiger partial charge is 0.489 e. The Morgan fingerprint density at radius 1 is 1.11 bits per heavy atom. The van der Waals surface area contributed by atoms with Crippen molar-refractivity contribution in [3.8, 4) is 5.75 Å². The molecule has 2 aromatic carbocycles. The number of aryl methyl sites for hydroxylation is 2. The molecule has 0 aliphatic rings. The Morgan fingerprint density at radius 2 is 1.89 bits per heavy atom. The Balaban J connectivity index is 1.68. The van der Waals surface area contributed by atoms with Gasteiger partial charge in [-0.1, -0.05) is 23.7 Å². The molecule has 0 aliphatic heterocycles. The maximum atomic E-state index is 12.5. The predicted molar refractivity (Wildman–Crippen MR) is 113 cm³/mol. The molecule has 140 valence electrons. The number of anilines is 1. The maximum Gasteiger partial charge on any atom is 0.265 e. The lowest BCUT2D eigenvalue weighted by Gasteiger charge is -2.11. The van der Waals surface area contributed by atoms with Crippen molar-refractivity contribution in [2.45, 2.75) is 34.3 Å². The van der Waals surface area contributed by atoms with Crippen LogP contribution in [0.25, 0.3) is 0 Å². The molecule has 0 saturated heterocycles. The highest BCUT2D eigenvalue weighted by atomic mass is 35.5. The number of ether oxygens (including phenoxy) is 1. The maximum absolute atomic E-state index is 12.5. The van der Waals surface area contributed by atoms with Gasteiger partial charge >= 0.3 is 0 Å². The Morgan fingerprint density at radius 3 is 2.67 bits per heavy atom. The predicted octanol–water partition coefficient (Wildman–Crippen LogP) is 6.47. The number of hydrogen-bond donors (Lipinski definition) is 1. The van der Waals surface area contributed by atoms with Gasteiger partial charge in [0.05, 0.1) is 4.88 Å². The van der Waals surface area contributed by atoms with Crippen molar-refractivity contribution >= 4 is 34.5 Å². The molecule has 3 nitrogen and oxygen atoms in total. The number of carbonyl (C=O) groups is 1. The second-order valence-electron chi connectivity index (χ2n) is 6.68. The molecule has 0 aliphatic carbocycles. The van der Waals surface area contributed by atoms with E-state index >= 15 is 0 Å². The zero-order chi connectivity index (χ0) is 19.6. The van der Waals surface area contributed by atoms with E-state index in [0.717, 1.165) is 28.1 Å². The molecule has 0 saturated carbocycles. The Kier molecular flexibility index (Phi) is 5.88. The van der Waals surface area contributed by atoms with Gasteiger partial charge in [0.2, 0.25) is 0 Å². The number of rotatable bonds is 5. The smallest absolute Gasteiger partial charge is 0.265 e. The van der Waals surface area contributed by atoms with Crippen LogP contribution in [-0.4, -0.2) is 5.91 Å². The second-order valence-corrected chi connectivity index (χ2v) is 8.00. The van der Waals surface area contributed by atoms with Gasteiger partial charge in [-0.05, 0) is 79.6 Å². The van der Waals surface area contributed by atoms with E-state index in [1.807, 2.05) is 42.6 Å². The summed E-state index contributed by atoms with van der Waals surface area (Å²) in [6, 6.07) is 11.5. The number of carbonyl (C=O) groups excluding carboxylic acids is 1. The minimum absolute atomic E-state index is 0.140. The van der Waals surface area contributed by atoms with Crippen LogP contribution in [0.5, 0.6) is 5.75 Å². The van der Waals surface area contributed by atoms with E-state index in [2.05, 4.69) is 32.2 Å². The first-order valence-corrected chi connectivity index (χ1v) is 9.95. The summed E-state index contributed by atoms with van der Waals surface area (Å²) in [4.78, 5) is 13.2. The molecular formula is C22H22ClNO2S. The number of halogens is 1. The lowest BCUT2D eigenvalue weighted by atomic mass is 10.1.